The van der Waals surface area contributed by atoms with Crippen molar-refractivity contribution in [3.8, 4) is 5.75 Å². The van der Waals surface area contributed by atoms with Crippen molar-refractivity contribution in [2.45, 2.75) is 13.0 Å². The van der Waals surface area contributed by atoms with Gasteiger partial charge in [0.25, 0.3) is 5.91 Å². The SMILES string of the molecule is C[C@H](Oc1ccccc1Cl)C(=O)Nc1ccc(Cl)c(N)c1. The normalized spacial score (nSPS) is 11.8. The number of amides is 1. The maximum Gasteiger partial charge on any atom is 0.265 e. The van der Waals surface area contributed by atoms with E-state index in [1.54, 1.807) is 49.4 Å². The molecule has 0 bridgehead atoms. The van der Waals surface area contributed by atoms with Crippen LogP contribution in [0, 0.1) is 0 Å². The number of nitrogens with one attached hydrogen (secondary N) is 1. The van der Waals surface area contributed by atoms with Crippen LogP contribution in [0.25, 0.3) is 0 Å². The maximum absolute atomic E-state index is 12.1. The first-order valence-corrected chi connectivity index (χ1v) is 7.00. The third-order valence-corrected chi connectivity index (χ3v) is 3.43. The lowest BCUT2D eigenvalue weighted by molar-refractivity contribution is -0.122. The fourth-order valence-electron chi connectivity index (χ4n) is 1.65. The average Bonchev–Trinajstić information content (AvgIpc) is 2.45. The lowest BCUT2D eigenvalue weighted by Gasteiger charge is -2.15. The molecule has 0 aromatic heterocycles. The van der Waals surface area contributed by atoms with Gasteiger partial charge in [0.2, 0.25) is 0 Å². The molecular weight excluding hydrogens is 311 g/mol. The Morgan fingerprint density at radius 1 is 1.19 bits per heavy atom. The summed E-state index contributed by atoms with van der Waals surface area (Å²) >= 11 is 11.8. The third-order valence-electron chi connectivity index (χ3n) is 2.77. The van der Waals surface area contributed by atoms with Crippen molar-refractivity contribution in [2.75, 3.05) is 11.1 Å². The monoisotopic (exact) mass is 324 g/mol. The molecule has 0 unspecified atom stereocenters. The summed E-state index contributed by atoms with van der Waals surface area (Å²) in [7, 11) is 0. The summed E-state index contributed by atoms with van der Waals surface area (Å²) in [4.78, 5) is 12.1. The molecule has 2 aromatic rings. The van der Waals surface area contributed by atoms with Gasteiger partial charge in [-0.2, -0.15) is 0 Å². The van der Waals surface area contributed by atoms with Crippen LogP contribution in [0.5, 0.6) is 5.75 Å². The number of hydrogen-bond acceptors (Lipinski definition) is 3. The molecule has 6 heteroatoms. The first-order chi connectivity index (χ1) is 9.97. The van der Waals surface area contributed by atoms with Crippen molar-refractivity contribution < 1.29 is 9.53 Å². The first-order valence-electron chi connectivity index (χ1n) is 6.24. The quantitative estimate of drug-likeness (QED) is 0.836. The predicted octanol–water partition coefficient (Wildman–Crippen LogP) is 3.98. The molecule has 0 aliphatic carbocycles. The van der Waals surface area contributed by atoms with Crippen LogP contribution in [0.1, 0.15) is 6.92 Å². The van der Waals surface area contributed by atoms with E-state index in [1.807, 2.05) is 0 Å². The second kappa shape index (κ2) is 6.70. The van der Waals surface area contributed by atoms with Gasteiger partial charge in [0.1, 0.15) is 5.75 Å². The van der Waals surface area contributed by atoms with Gasteiger partial charge in [-0.25, -0.2) is 0 Å². The number of hydrogen-bond donors (Lipinski definition) is 2. The highest BCUT2D eigenvalue weighted by molar-refractivity contribution is 6.33. The molecule has 0 aliphatic heterocycles. The van der Waals surface area contributed by atoms with E-state index in [0.717, 1.165) is 0 Å². The predicted molar refractivity (Wildman–Crippen MR) is 86.0 cm³/mol. The van der Waals surface area contributed by atoms with Crippen LogP contribution in [-0.4, -0.2) is 12.0 Å². The molecule has 0 saturated heterocycles. The van der Waals surface area contributed by atoms with E-state index in [1.165, 1.54) is 0 Å². The molecule has 110 valence electrons. The Kier molecular flexibility index (Phi) is 4.94. The maximum atomic E-state index is 12.1. The molecule has 3 N–H and O–H groups in total. The number of benzene rings is 2. The number of ether oxygens (including phenoxy) is 1. The summed E-state index contributed by atoms with van der Waals surface area (Å²) in [6.07, 6.45) is -0.707. The Morgan fingerprint density at radius 2 is 1.90 bits per heavy atom. The molecule has 4 nitrogen and oxygen atoms in total. The Bertz CT molecular complexity index is 662. The highest BCUT2D eigenvalue weighted by atomic mass is 35.5. The van der Waals surface area contributed by atoms with E-state index in [-0.39, 0.29) is 5.91 Å². The van der Waals surface area contributed by atoms with Crippen molar-refractivity contribution in [1.82, 2.24) is 0 Å². The van der Waals surface area contributed by atoms with Gasteiger partial charge < -0.3 is 15.8 Å². The summed E-state index contributed by atoms with van der Waals surface area (Å²) in [5.41, 5.74) is 6.63. The number of rotatable bonds is 4. The van der Waals surface area contributed by atoms with Gasteiger partial charge in [-0.15, -0.1) is 0 Å². The number of anilines is 2. The molecule has 0 fully saturated rings. The zero-order chi connectivity index (χ0) is 15.4. The third kappa shape index (κ3) is 4.03. The van der Waals surface area contributed by atoms with Gasteiger partial charge in [0.05, 0.1) is 15.7 Å². The second-order valence-corrected chi connectivity index (χ2v) is 5.23. The standard InChI is InChI=1S/C15H14Cl2N2O2/c1-9(21-14-5-3-2-4-12(14)17)15(20)19-10-6-7-11(16)13(18)8-10/h2-9H,18H2,1H3,(H,19,20)/t9-/m0/s1. The summed E-state index contributed by atoms with van der Waals surface area (Å²) in [5, 5.41) is 3.59. The Labute approximate surface area is 132 Å². The summed E-state index contributed by atoms with van der Waals surface area (Å²) < 4.78 is 5.53. The van der Waals surface area contributed by atoms with E-state index >= 15 is 0 Å². The van der Waals surface area contributed by atoms with Crippen molar-refractivity contribution in [3.63, 3.8) is 0 Å². The zero-order valence-electron chi connectivity index (χ0n) is 11.3. The lowest BCUT2D eigenvalue weighted by atomic mass is 10.2. The number of para-hydroxylation sites is 1. The molecule has 21 heavy (non-hydrogen) atoms. The zero-order valence-corrected chi connectivity index (χ0v) is 12.8. The molecular formula is C15H14Cl2N2O2. The molecule has 0 saturated carbocycles. The van der Waals surface area contributed by atoms with Crippen LogP contribution < -0.4 is 15.8 Å². The van der Waals surface area contributed by atoms with Crippen LogP contribution in [0.4, 0.5) is 11.4 Å². The van der Waals surface area contributed by atoms with Gasteiger partial charge in [0, 0.05) is 5.69 Å². The van der Waals surface area contributed by atoms with Crippen LogP contribution in [0.3, 0.4) is 0 Å². The molecule has 0 radical (unpaired) electrons. The van der Waals surface area contributed by atoms with Gasteiger partial charge in [-0.05, 0) is 37.3 Å². The minimum Gasteiger partial charge on any atom is -0.479 e. The Morgan fingerprint density at radius 3 is 2.57 bits per heavy atom. The first kappa shape index (κ1) is 15.5. The average molecular weight is 325 g/mol. The largest absolute Gasteiger partial charge is 0.479 e. The van der Waals surface area contributed by atoms with Crippen molar-refractivity contribution >= 4 is 40.5 Å². The molecule has 0 heterocycles. The van der Waals surface area contributed by atoms with Crippen LogP contribution in [0.15, 0.2) is 42.5 Å². The summed E-state index contributed by atoms with van der Waals surface area (Å²) in [5.74, 6) is 0.147. The number of nitrogens with two attached hydrogens (primary N) is 1. The van der Waals surface area contributed by atoms with E-state index in [4.69, 9.17) is 33.7 Å². The Hall–Kier alpha value is -1.91. The second-order valence-electron chi connectivity index (χ2n) is 4.42. The number of nitrogen functional groups attached to an aromatic ring is 1. The van der Waals surface area contributed by atoms with E-state index in [2.05, 4.69) is 5.32 Å². The van der Waals surface area contributed by atoms with Gasteiger partial charge in [-0.3, -0.25) is 4.79 Å². The van der Waals surface area contributed by atoms with E-state index < -0.39 is 6.10 Å². The molecule has 1 amide bonds. The minimum atomic E-state index is -0.707. The fourth-order valence-corrected chi connectivity index (χ4v) is 1.95. The highest BCUT2D eigenvalue weighted by Crippen LogP contribution is 2.25. The number of carbonyl (C=O) groups excluding carboxylic acids is 1. The van der Waals surface area contributed by atoms with Crippen molar-refractivity contribution in [3.05, 3.63) is 52.5 Å². The smallest absolute Gasteiger partial charge is 0.265 e. The van der Waals surface area contributed by atoms with Gasteiger partial charge in [0.15, 0.2) is 6.10 Å². The molecule has 2 rings (SSSR count). The molecule has 0 spiro atoms. The molecule has 0 aliphatic rings. The lowest BCUT2D eigenvalue weighted by Crippen LogP contribution is -2.30. The van der Waals surface area contributed by atoms with Gasteiger partial charge >= 0.3 is 0 Å². The number of halogens is 2. The molecule has 1 atom stereocenters. The van der Waals surface area contributed by atoms with Gasteiger partial charge in [-0.1, -0.05) is 35.3 Å². The van der Waals surface area contributed by atoms with Crippen molar-refractivity contribution in [1.29, 1.82) is 0 Å². The summed E-state index contributed by atoms with van der Waals surface area (Å²) in [6.45, 7) is 1.64. The fraction of sp³-hybridized carbons (Fsp3) is 0.133. The van der Waals surface area contributed by atoms with E-state index in [9.17, 15) is 4.79 Å². The van der Waals surface area contributed by atoms with Crippen LogP contribution in [-0.2, 0) is 4.79 Å². The van der Waals surface area contributed by atoms with Crippen LogP contribution in [0.2, 0.25) is 10.0 Å². The minimum absolute atomic E-state index is 0.309. The van der Waals surface area contributed by atoms with Crippen LogP contribution >= 0.6 is 23.2 Å². The highest BCUT2D eigenvalue weighted by Gasteiger charge is 2.16. The van der Waals surface area contributed by atoms with E-state index in [0.29, 0.717) is 27.2 Å². The molecule has 2 aromatic carbocycles. The van der Waals surface area contributed by atoms with Crippen molar-refractivity contribution in [2.24, 2.45) is 0 Å². The summed E-state index contributed by atoms with van der Waals surface area (Å²) in [6, 6.07) is 11.8. The Balaban J connectivity index is 2.02. The topological polar surface area (TPSA) is 64.3 Å². The number of carbonyl (C=O) groups is 1.